The maximum Gasteiger partial charge on any atom is 0.243 e. The molecular weight excluding hydrogens is 322 g/mol. The Morgan fingerprint density at radius 3 is 2.75 bits per heavy atom. The summed E-state index contributed by atoms with van der Waals surface area (Å²) in [7, 11) is 0. The molecule has 5 nitrogen and oxygen atoms in total. The molecule has 128 valence electrons. The van der Waals surface area contributed by atoms with Gasteiger partial charge < -0.3 is 15.6 Å². The normalized spacial score (nSPS) is 22.2. The van der Waals surface area contributed by atoms with Gasteiger partial charge in [0, 0.05) is 23.0 Å². The number of H-pyrrole nitrogens is 1. The van der Waals surface area contributed by atoms with Crippen molar-refractivity contribution in [1.29, 1.82) is 0 Å². The molecule has 1 unspecified atom stereocenters. The number of hydrogen-bond donors (Lipinski definition) is 3. The van der Waals surface area contributed by atoms with Crippen LogP contribution in [-0.4, -0.2) is 40.9 Å². The Labute approximate surface area is 146 Å². The first-order valence-corrected chi connectivity index (χ1v) is 9.67. The molecule has 24 heavy (non-hydrogen) atoms. The summed E-state index contributed by atoms with van der Waals surface area (Å²) in [5.41, 5.74) is 2.09. The van der Waals surface area contributed by atoms with E-state index in [4.69, 9.17) is 0 Å². The number of benzene rings is 1. The summed E-state index contributed by atoms with van der Waals surface area (Å²) < 4.78 is 0. The maximum absolute atomic E-state index is 12.5. The zero-order valence-corrected chi connectivity index (χ0v) is 14.8. The molecule has 0 bridgehead atoms. The molecule has 3 rings (SSSR count). The minimum absolute atomic E-state index is 0.0765. The summed E-state index contributed by atoms with van der Waals surface area (Å²) in [6, 6.07) is 7.05. The van der Waals surface area contributed by atoms with Crippen molar-refractivity contribution in [2.45, 2.75) is 37.8 Å². The molecule has 1 aliphatic heterocycles. The van der Waals surface area contributed by atoms with E-state index in [0.717, 1.165) is 28.6 Å². The van der Waals surface area contributed by atoms with Crippen LogP contribution in [0.5, 0.6) is 0 Å². The van der Waals surface area contributed by atoms with E-state index in [1.807, 2.05) is 43.6 Å². The number of fused-ring (bicyclic) bond motifs is 1. The second kappa shape index (κ2) is 7.30. The van der Waals surface area contributed by atoms with E-state index < -0.39 is 12.1 Å². The third-order valence-electron chi connectivity index (χ3n) is 4.67. The summed E-state index contributed by atoms with van der Waals surface area (Å²) >= 11 is 1.75. The van der Waals surface area contributed by atoms with E-state index >= 15 is 0 Å². The van der Waals surface area contributed by atoms with E-state index in [1.54, 1.807) is 11.8 Å². The molecule has 3 N–H and O–H groups in total. The van der Waals surface area contributed by atoms with Gasteiger partial charge in [-0.05, 0) is 36.5 Å². The van der Waals surface area contributed by atoms with Crippen molar-refractivity contribution in [2.24, 2.45) is 0 Å². The number of thioether (sulfide) groups is 1. The van der Waals surface area contributed by atoms with Crippen LogP contribution in [0.15, 0.2) is 30.5 Å². The van der Waals surface area contributed by atoms with Crippen molar-refractivity contribution in [1.82, 2.24) is 15.6 Å². The minimum Gasteiger partial charge on any atom is -0.361 e. The number of rotatable bonds is 6. The van der Waals surface area contributed by atoms with Crippen molar-refractivity contribution in [3.8, 4) is 0 Å². The molecule has 2 aromatic rings. The average molecular weight is 345 g/mol. The van der Waals surface area contributed by atoms with Crippen LogP contribution in [-0.2, 0) is 9.59 Å². The van der Waals surface area contributed by atoms with Crippen LogP contribution >= 0.6 is 11.8 Å². The monoisotopic (exact) mass is 345 g/mol. The molecule has 1 fully saturated rings. The Hall–Kier alpha value is -1.95. The molecule has 0 spiro atoms. The first-order chi connectivity index (χ1) is 11.6. The van der Waals surface area contributed by atoms with Gasteiger partial charge in [0.05, 0.1) is 0 Å². The highest BCUT2D eigenvalue weighted by molar-refractivity contribution is 7.98. The van der Waals surface area contributed by atoms with E-state index in [1.165, 1.54) is 0 Å². The van der Waals surface area contributed by atoms with Gasteiger partial charge >= 0.3 is 0 Å². The number of para-hydroxylation sites is 1. The summed E-state index contributed by atoms with van der Waals surface area (Å²) in [6.07, 6.45) is 5.58. The molecule has 0 aliphatic carbocycles. The first kappa shape index (κ1) is 16.9. The van der Waals surface area contributed by atoms with Crippen LogP contribution in [0.1, 0.15) is 31.2 Å². The lowest BCUT2D eigenvalue weighted by Gasteiger charge is -2.32. The standard InChI is InChI=1S/C18H23N3O2S/c1-11(13-10-19-14-7-4-3-6-12(13)14)16-18(23)20-15(17(22)21-16)8-5-9-24-2/h3-4,6-7,10-11,15-16,19H,5,8-9H2,1-2H3,(H,20,23)(H,21,22)/t11?,15-,16+/m0/s1. The van der Waals surface area contributed by atoms with Crippen LogP contribution in [0.2, 0.25) is 0 Å². The van der Waals surface area contributed by atoms with Crippen molar-refractivity contribution < 1.29 is 9.59 Å². The van der Waals surface area contributed by atoms with Crippen molar-refractivity contribution >= 4 is 34.5 Å². The molecule has 1 aliphatic rings. The Bertz CT molecular complexity index is 743. The van der Waals surface area contributed by atoms with Crippen LogP contribution in [0.3, 0.4) is 0 Å². The van der Waals surface area contributed by atoms with Gasteiger partial charge in [0.25, 0.3) is 0 Å². The Kier molecular flexibility index (Phi) is 5.14. The molecule has 1 aromatic heterocycles. The van der Waals surface area contributed by atoms with Crippen molar-refractivity contribution in [3.63, 3.8) is 0 Å². The molecular formula is C18H23N3O2S. The lowest BCUT2D eigenvalue weighted by atomic mass is 9.90. The van der Waals surface area contributed by atoms with E-state index in [2.05, 4.69) is 15.6 Å². The molecule has 2 heterocycles. The minimum atomic E-state index is -0.534. The van der Waals surface area contributed by atoms with Gasteiger partial charge in [0.1, 0.15) is 12.1 Å². The van der Waals surface area contributed by atoms with Crippen LogP contribution in [0.25, 0.3) is 10.9 Å². The molecule has 0 radical (unpaired) electrons. The highest BCUT2D eigenvalue weighted by Gasteiger charge is 2.37. The fraction of sp³-hybridized carbons (Fsp3) is 0.444. The van der Waals surface area contributed by atoms with Gasteiger partial charge in [-0.2, -0.15) is 11.8 Å². The number of aromatic amines is 1. The summed E-state index contributed by atoms with van der Waals surface area (Å²) in [5.74, 6) is 0.723. The molecule has 1 aromatic carbocycles. The van der Waals surface area contributed by atoms with Gasteiger partial charge in [-0.3, -0.25) is 9.59 Å². The average Bonchev–Trinajstić information content (AvgIpc) is 3.01. The van der Waals surface area contributed by atoms with Crippen LogP contribution in [0.4, 0.5) is 0 Å². The molecule has 1 saturated heterocycles. The zero-order chi connectivity index (χ0) is 17.1. The second-order valence-electron chi connectivity index (χ2n) is 6.26. The topological polar surface area (TPSA) is 74.0 Å². The highest BCUT2D eigenvalue weighted by Crippen LogP contribution is 2.28. The first-order valence-electron chi connectivity index (χ1n) is 8.27. The number of carbonyl (C=O) groups excluding carboxylic acids is 2. The SMILES string of the molecule is CSCCC[C@@H]1NC(=O)[C@@H](C(C)c2c[nH]c3ccccc23)NC1=O. The van der Waals surface area contributed by atoms with Gasteiger partial charge in [-0.1, -0.05) is 25.1 Å². The van der Waals surface area contributed by atoms with Crippen LogP contribution in [0, 0.1) is 0 Å². The molecule has 0 saturated carbocycles. The van der Waals surface area contributed by atoms with Gasteiger partial charge in [-0.15, -0.1) is 0 Å². The van der Waals surface area contributed by atoms with Gasteiger partial charge in [-0.25, -0.2) is 0 Å². The summed E-state index contributed by atoms with van der Waals surface area (Å²) in [4.78, 5) is 28.1. The number of amides is 2. The highest BCUT2D eigenvalue weighted by atomic mass is 32.2. The van der Waals surface area contributed by atoms with Gasteiger partial charge in [0.15, 0.2) is 0 Å². The zero-order valence-electron chi connectivity index (χ0n) is 14.0. The number of aromatic nitrogens is 1. The number of carbonyl (C=O) groups is 2. The largest absolute Gasteiger partial charge is 0.361 e. The number of nitrogens with one attached hydrogen (secondary N) is 3. The second-order valence-corrected chi connectivity index (χ2v) is 7.25. The molecule has 2 amide bonds. The number of piperazine rings is 1. The third kappa shape index (κ3) is 3.29. The lowest BCUT2D eigenvalue weighted by molar-refractivity contribution is -0.137. The quantitative estimate of drug-likeness (QED) is 0.704. The Balaban J connectivity index is 1.73. The third-order valence-corrected chi connectivity index (χ3v) is 5.36. The smallest absolute Gasteiger partial charge is 0.243 e. The predicted molar refractivity (Wildman–Crippen MR) is 98.2 cm³/mol. The fourth-order valence-corrected chi connectivity index (χ4v) is 3.74. The predicted octanol–water partition coefficient (Wildman–Crippen LogP) is 2.40. The maximum atomic E-state index is 12.5. The van der Waals surface area contributed by atoms with Crippen molar-refractivity contribution in [3.05, 3.63) is 36.0 Å². The summed E-state index contributed by atoms with van der Waals surface area (Å²) in [5, 5.41) is 6.91. The number of hydrogen-bond acceptors (Lipinski definition) is 3. The van der Waals surface area contributed by atoms with Crippen LogP contribution < -0.4 is 10.6 Å². The summed E-state index contributed by atoms with van der Waals surface area (Å²) in [6.45, 7) is 1.98. The lowest BCUT2D eigenvalue weighted by Crippen LogP contribution is -2.63. The Morgan fingerprint density at radius 1 is 1.17 bits per heavy atom. The van der Waals surface area contributed by atoms with E-state index in [0.29, 0.717) is 6.42 Å². The molecule has 6 heteroatoms. The van der Waals surface area contributed by atoms with E-state index in [9.17, 15) is 9.59 Å². The fourth-order valence-electron chi connectivity index (χ4n) is 3.28. The van der Waals surface area contributed by atoms with Crippen molar-refractivity contribution in [2.75, 3.05) is 12.0 Å². The molecule has 3 atom stereocenters. The van der Waals surface area contributed by atoms with E-state index in [-0.39, 0.29) is 17.7 Å². The Morgan fingerprint density at radius 2 is 1.96 bits per heavy atom. The van der Waals surface area contributed by atoms with Gasteiger partial charge in [0.2, 0.25) is 11.8 Å².